The number of pyridine rings is 1. The Labute approximate surface area is 97.9 Å². The van der Waals surface area contributed by atoms with Gasteiger partial charge < -0.3 is 10.2 Å². The van der Waals surface area contributed by atoms with Crippen LogP contribution < -0.4 is 5.32 Å². The van der Waals surface area contributed by atoms with Crippen LogP contribution in [0.3, 0.4) is 0 Å². The molecule has 1 aliphatic rings. The molecule has 0 aromatic carbocycles. The predicted molar refractivity (Wildman–Crippen MR) is 66.3 cm³/mol. The SMILES string of the molecule is C[C@H](NCCN1CCCC1)c1ccncc1. The summed E-state index contributed by atoms with van der Waals surface area (Å²) < 4.78 is 0. The minimum Gasteiger partial charge on any atom is -0.309 e. The Morgan fingerprint density at radius 1 is 1.31 bits per heavy atom. The van der Waals surface area contributed by atoms with Crippen molar-refractivity contribution in [3.8, 4) is 0 Å². The van der Waals surface area contributed by atoms with Crippen LogP contribution in [0.1, 0.15) is 31.4 Å². The Bertz CT molecular complexity index is 293. The average Bonchev–Trinajstić information content (AvgIpc) is 2.83. The zero-order valence-corrected chi connectivity index (χ0v) is 10.0. The molecule has 1 aliphatic heterocycles. The van der Waals surface area contributed by atoms with E-state index in [4.69, 9.17) is 0 Å². The molecule has 0 saturated carbocycles. The standard InChI is InChI=1S/C13H21N3/c1-12(13-4-6-14-7-5-13)15-8-11-16-9-2-3-10-16/h4-7,12,15H,2-3,8-11H2,1H3/t12-/m0/s1. The molecule has 0 amide bonds. The fraction of sp³-hybridized carbons (Fsp3) is 0.615. The van der Waals surface area contributed by atoms with Crippen molar-refractivity contribution in [2.24, 2.45) is 0 Å². The first-order valence-corrected chi connectivity index (χ1v) is 6.22. The molecule has 1 aromatic rings. The number of hydrogen-bond acceptors (Lipinski definition) is 3. The molecule has 0 bridgehead atoms. The summed E-state index contributed by atoms with van der Waals surface area (Å²) in [4.78, 5) is 6.57. The van der Waals surface area contributed by atoms with Crippen molar-refractivity contribution in [1.29, 1.82) is 0 Å². The molecule has 1 N–H and O–H groups in total. The van der Waals surface area contributed by atoms with Gasteiger partial charge in [0.2, 0.25) is 0 Å². The van der Waals surface area contributed by atoms with Gasteiger partial charge in [-0.3, -0.25) is 4.98 Å². The van der Waals surface area contributed by atoms with Gasteiger partial charge in [-0.05, 0) is 50.6 Å². The summed E-state index contributed by atoms with van der Waals surface area (Å²) in [5.74, 6) is 0. The summed E-state index contributed by atoms with van der Waals surface area (Å²) in [7, 11) is 0. The lowest BCUT2D eigenvalue weighted by Crippen LogP contribution is -2.31. The maximum atomic E-state index is 4.04. The summed E-state index contributed by atoms with van der Waals surface area (Å²) in [6.07, 6.45) is 6.46. The van der Waals surface area contributed by atoms with Gasteiger partial charge in [0.1, 0.15) is 0 Å². The van der Waals surface area contributed by atoms with Gasteiger partial charge in [-0.2, -0.15) is 0 Å². The molecule has 1 aromatic heterocycles. The van der Waals surface area contributed by atoms with Crippen LogP contribution in [0, 0.1) is 0 Å². The maximum absolute atomic E-state index is 4.04. The number of nitrogens with one attached hydrogen (secondary N) is 1. The van der Waals surface area contributed by atoms with E-state index in [1.165, 1.54) is 38.0 Å². The predicted octanol–water partition coefficient (Wildman–Crippen LogP) is 1.83. The van der Waals surface area contributed by atoms with Crippen LogP contribution in [-0.2, 0) is 0 Å². The molecule has 1 atom stereocenters. The van der Waals surface area contributed by atoms with Crippen molar-refractivity contribution in [2.45, 2.75) is 25.8 Å². The Morgan fingerprint density at radius 3 is 2.69 bits per heavy atom. The highest BCUT2D eigenvalue weighted by Gasteiger charge is 2.11. The van der Waals surface area contributed by atoms with Gasteiger partial charge in [0.15, 0.2) is 0 Å². The van der Waals surface area contributed by atoms with E-state index in [0.29, 0.717) is 6.04 Å². The van der Waals surface area contributed by atoms with Gasteiger partial charge in [0, 0.05) is 31.5 Å². The second-order valence-corrected chi connectivity index (χ2v) is 4.51. The second-order valence-electron chi connectivity index (χ2n) is 4.51. The minimum atomic E-state index is 0.422. The zero-order valence-electron chi connectivity index (χ0n) is 10.0. The topological polar surface area (TPSA) is 28.2 Å². The minimum absolute atomic E-state index is 0.422. The molecule has 0 aliphatic carbocycles. The van der Waals surface area contributed by atoms with Crippen LogP contribution in [-0.4, -0.2) is 36.1 Å². The Hall–Kier alpha value is -0.930. The van der Waals surface area contributed by atoms with Crippen molar-refractivity contribution in [1.82, 2.24) is 15.2 Å². The third-order valence-corrected chi connectivity index (χ3v) is 3.28. The first-order chi connectivity index (χ1) is 7.86. The third kappa shape index (κ3) is 3.29. The van der Waals surface area contributed by atoms with E-state index in [1.54, 1.807) is 0 Å². The molecule has 0 radical (unpaired) electrons. The number of likely N-dealkylation sites (tertiary alicyclic amines) is 1. The van der Waals surface area contributed by atoms with Gasteiger partial charge in [-0.25, -0.2) is 0 Å². The van der Waals surface area contributed by atoms with Crippen LogP contribution >= 0.6 is 0 Å². The van der Waals surface area contributed by atoms with Crippen LogP contribution in [0.2, 0.25) is 0 Å². The van der Waals surface area contributed by atoms with Gasteiger partial charge in [0.25, 0.3) is 0 Å². The molecular weight excluding hydrogens is 198 g/mol. The number of rotatable bonds is 5. The lowest BCUT2D eigenvalue weighted by molar-refractivity contribution is 0.330. The molecule has 1 fully saturated rings. The summed E-state index contributed by atoms with van der Waals surface area (Å²) in [5.41, 5.74) is 1.32. The fourth-order valence-corrected chi connectivity index (χ4v) is 2.22. The average molecular weight is 219 g/mol. The van der Waals surface area contributed by atoms with E-state index < -0.39 is 0 Å². The van der Waals surface area contributed by atoms with Crippen LogP contribution in [0.15, 0.2) is 24.5 Å². The third-order valence-electron chi connectivity index (χ3n) is 3.28. The molecule has 0 unspecified atom stereocenters. The smallest absolute Gasteiger partial charge is 0.0293 e. The monoisotopic (exact) mass is 219 g/mol. The van der Waals surface area contributed by atoms with Crippen molar-refractivity contribution in [3.05, 3.63) is 30.1 Å². The molecule has 1 saturated heterocycles. The first kappa shape index (κ1) is 11.6. The quantitative estimate of drug-likeness (QED) is 0.819. The maximum Gasteiger partial charge on any atom is 0.0293 e. The van der Waals surface area contributed by atoms with Crippen LogP contribution in [0.4, 0.5) is 0 Å². The van der Waals surface area contributed by atoms with E-state index in [2.05, 4.69) is 34.3 Å². The van der Waals surface area contributed by atoms with Gasteiger partial charge in [-0.15, -0.1) is 0 Å². The largest absolute Gasteiger partial charge is 0.309 e. The van der Waals surface area contributed by atoms with Crippen molar-refractivity contribution in [3.63, 3.8) is 0 Å². The molecule has 16 heavy (non-hydrogen) atoms. The number of nitrogens with zero attached hydrogens (tertiary/aromatic N) is 2. The highest BCUT2D eigenvalue weighted by atomic mass is 15.1. The fourth-order valence-electron chi connectivity index (χ4n) is 2.22. The summed E-state index contributed by atoms with van der Waals surface area (Å²) in [6.45, 7) is 7.02. The molecule has 2 rings (SSSR count). The zero-order chi connectivity index (χ0) is 11.2. The van der Waals surface area contributed by atoms with Gasteiger partial charge in [0.05, 0.1) is 0 Å². The van der Waals surface area contributed by atoms with E-state index in [9.17, 15) is 0 Å². The molecule has 88 valence electrons. The highest BCUT2D eigenvalue weighted by Crippen LogP contribution is 2.10. The van der Waals surface area contributed by atoms with Crippen molar-refractivity contribution in [2.75, 3.05) is 26.2 Å². The van der Waals surface area contributed by atoms with Crippen LogP contribution in [0.25, 0.3) is 0 Å². The Morgan fingerprint density at radius 2 is 2.00 bits per heavy atom. The normalized spacial score (nSPS) is 18.8. The van der Waals surface area contributed by atoms with E-state index in [-0.39, 0.29) is 0 Å². The first-order valence-electron chi connectivity index (χ1n) is 6.22. The molecule has 0 spiro atoms. The van der Waals surface area contributed by atoms with Crippen LogP contribution in [0.5, 0.6) is 0 Å². The van der Waals surface area contributed by atoms with E-state index in [0.717, 1.165) is 6.54 Å². The molecule has 2 heterocycles. The Kier molecular flexibility index (Phi) is 4.31. The van der Waals surface area contributed by atoms with E-state index >= 15 is 0 Å². The molecular formula is C13H21N3. The lowest BCUT2D eigenvalue weighted by atomic mass is 10.1. The second kappa shape index (κ2) is 5.97. The van der Waals surface area contributed by atoms with Gasteiger partial charge >= 0.3 is 0 Å². The summed E-state index contributed by atoms with van der Waals surface area (Å²) in [6, 6.07) is 4.58. The molecule has 3 heteroatoms. The van der Waals surface area contributed by atoms with E-state index in [1.807, 2.05) is 12.4 Å². The highest BCUT2D eigenvalue weighted by molar-refractivity contribution is 5.13. The van der Waals surface area contributed by atoms with Crippen molar-refractivity contribution >= 4 is 0 Å². The Balaban J connectivity index is 1.69. The lowest BCUT2D eigenvalue weighted by Gasteiger charge is -2.18. The summed E-state index contributed by atoms with van der Waals surface area (Å²) in [5, 5.41) is 3.56. The van der Waals surface area contributed by atoms with Gasteiger partial charge in [-0.1, -0.05) is 0 Å². The van der Waals surface area contributed by atoms with Crippen molar-refractivity contribution < 1.29 is 0 Å². The molecule has 3 nitrogen and oxygen atoms in total. The number of aromatic nitrogens is 1. The summed E-state index contributed by atoms with van der Waals surface area (Å²) >= 11 is 0. The number of hydrogen-bond donors (Lipinski definition) is 1.